The van der Waals surface area contributed by atoms with Gasteiger partial charge < -0.3 is 0 Å². The van der Waals surface area contributed by atoms with Gasteiger partial charge in [0.05, 0.1) is 11.1 Å². The average molecular weight is 334 g/mol. The lowest BCUT2D eigenvalue weighted by atomic mass is 9.99. The fourth-order valence-electron chi connectivity index (χ4n) is 2.01. The lowest BCUT2D eigenvalue weighted by Crippen LogP contribution is -2.30. The maximum absolute atomic E-state index is 13.9. The number of nitrogens with one attached hydrogen (secondary N) is 1. The van der Waals surface area contributed by atoms with E-state index in [4.69, 9.17) is 40.6 Å². The van der Waals surface area contributed by atoms with E-state index < -0.39 is 11.9 Å². The summed E-state index contributed by atoms with van der Waals surface area (Å²) in [6.07, 6.45) is 0.284. The SMILES string of the molecule is NNC(Cc1cccc(Cl)c1F)c1c(Cl)cccc1Cl. The highest BCUT2D eigenvalue weighted by molar-refractivity contribution is 6.36. The van der Waals surface area contributed by atoms with Gasteiger partial charge in [-0.25, -0.2) is 4.39 Å². The smallest absolute Gasteiger partial charge is 0.145 e. The molecule has 0 aliphatic carbocycles. The van der Waals surface area contributed by atoms with E-state index in [1.54, 1.807) is 30.3 Å². The molecule has 0 saturated carbocycles. The summed E-state index contributed by atoms with van der Waals surface area (Å²) >= 11 is 18.1. The van der Waals surface area contributed by atoms with Crippen LogP contribution in [0.4, 0.5) is 4.39 Å². The van der Waals surface area contributed by atoms with Crippen molar-refractivity contribution in [1.82, 2.24) is 5.43 Å². The summed E-state index contributed by atoms with van der Waals surface area (Å²) in [6, 6.07) is 9.57. The number of nitrogens with two attached hydrogens (primary N) is 1. The normalized spacial score (nSPS) is 12.4. The predicted octanol–water partition coefficient (Wildman–Crippen LogP) is 4.53. The first-order chi connectivity index (χ1) is 9.54. The highest BCUT2D eigenvalue weighted by Gasteiger charge is 2.19. The van der Waals surface area contributed by atoms with Crippen LogP contribution < -0.4 is 11.3 Å². The van der Waals surface area contributed by atoms with E-state index in [2.05, 4.69) is 5.43 Å². The van der Waals surface area contributed by atoms with Crippen molar-refractivity contribution in [2.24, 2.45) is 5.84 Å². The van der Waals surface area contributed by atoms with Gasteiger partial charge in [0.15, 0.2) is 0 Å². The van der Waals surface area contributed by atoms with Crippen LogP contribution in [0.3, 0.4) is 0 Å². The minimum absolute atomic E-state index is 0.0727. The molecular formula is C14H12Cl3FN2. The Morgan fingerprint density at radius 3 is 2.15 bits per heavy atom. The molecule has 3 N–H and O–H groups in total. The molecule has 0 aliphatic rings. The van der Waals surface area contributed by atoms with Crippen LogP contribution in [0.2, 0.25) is 15.1 Å². The summed E-state index contributed by atoms with van der Waals surface area (Å²) in [5.41, 5.74) is 3.69. The van der Waals surface area contributed by atoms with E-state index in [-0.39, 0.29) is 11.4 Å². The maximum atomic E-state index is 13.9. The zero-order valence-electron chi connectivity index (χ0n) is 10.3. The number of hydrazine groups is 1. The van der Waals surface area contributed by atoms with E-state index in [0.29, 0.717) is 21.2 Å². The number of hydrogen-bond acceptors (Lipinski definition) is 2. The summed E-state index contributed by atoms with van der Waals surface area (Å²) < 4.78 is 13.9. The third-order valence-corrected chi connectivity index (χ3v) is 3.96. The standard InChI is InChI=1S/C14H12Cl3FN2/c15-9-4-2-5-10(16)13(9)12(20-19)7-8-3-1-6-11(17)14(8)18/h1-6,12,20H,7,19H2. The zero-order chi connectivity index (χ0) is 14.7. The monoisotopic (exact) mass is 332 g/mol. The van der Waals surface area contributed by atoms with Crippen LogP contribution in [0.25, 0.3) is 0 Å². The lowest BCUT2D eigenvalue weighted by Gasteiger charge is -2.19. The second kappa shape index (κ2) is 6.74. The van der Waals surface area contributed by atoms with Crippen molar-refractivity contribution < 1.29 is 4.39 Å². The average Bonchev–Trinajstić information content (AvgIpc) is 2.42. The Balaban J connectivity index is 2.37. The van der Waals surface area contributed by atoms with E-state index >= 15 is 0 Å². The third-order valence-electron chi connectivity index (χ3n) is 3.00. The van der Waals surface area contributed by atoms with E-state index in [9.17, 15) is 4.39 Å². The fourth-order valence-corrected chi connectivity index (χ4v) is 2.87. The molecule has 0 amide bonds. The van der Waals surface area contributed by atoms with Gasteiger partial charge in [-0.05, 0) is 30.2 Å². The molecule has 0 spiro atoms. The van der Waals surface area contributed by atoms with Crippen LogP contribution in [0.5, 0.6) is 0 Å². The lowest BCUT2D eigenvalue weighted by molar-refractivity contribution is 0.529. The molecule has 0 aromatic heterocycles. The molecule has 6 heteroatoms. The van der Waals surface area contributed by atoms with Gasteiger partial charge in [-0.1, -0.05) is 53.0 Å². The molecule has 0 aliphatic heterocycles. The Bertz CT molecular complexity index is 599. The van der Waals surface area contributed by atoms with Crippen molar-refractivity contribution in [3.05, 3.63) is 68.4 Å². The summed E-state index contributed by atoms with van der Waals surface area (Å²) in [7, 11) is 0. The van der Waals surface area contributed by atoms with Gasteiger partial charge in [0, 0.05) is 15.6 Å². The van der Waals surface area contributed by atoms with Crippen molar-refractivity contribution in [3.63, 3.8) is 0 Å². The molecule has 1 unspecified atom stereocenters. The fraction of sp³-hybridized carbons (Fsp3) is 0.143. The largest absolute Gasteiger partial charge is 0.271 e. The molecule has 106 valence electrons. The third kappa shape index (κ3) is 3.25. The molecule has 0 radical (unpaired) electrons. The van der Waals surface area contributed by atoms with Gasteiger partial charge in [-0.2, -0.15) is 0 Å². The Hall–Kier alpha value is -0.840. The maximum Gasteiger partial charge on any atom is 0.145 e. The van der Waals surface area contributed by atoms with Crippen LogP contribution >= 0.6 is 34.8 Å². The van der Waals surface area contributed by atoms with Gasteiger partial charge in [-0.15, -0.1) is 0 Å². The van der Waals surface area contributed by atoms with E-state index in [1.165, 1.54) is 6.07 Å². The minimum Gasteiger partial charge on any atom is -0.271 e. The van der Waals surface area contributed by atoms with Gasteiger partial charge in [0.1, 0.15) is 5.82 Å². The molecule has 2 aromatic rings. The van der Waals surface area contributed by atoms with Gasteiger partial charge >= 0.3 is 0 Å². The molecule has 2 rings (SSSR count). The summed E-state index contributed by atoms with van der Waals surface area (Å²) in [4.78, 5) is 0. The molecule has 0 fully saturated rings. The Kier molecular flexibility index (Phi) is 5.24. The first-order valence-electron chi connectivity index (χ1n) is 5.87. The Morgan fingerprint density at radius 1 is 1.00 bits per heavy atom. The van der Waals surface area contributed by atoms with Crippen LogP contribution in [-0.4, -0.2) is 0 Å². The number of halogens is 4. The molecule has 20 heavy (non-hydrogen) atoms. The summed E-state index contributed by atoms with van der Waals surface area (Å²) in [6.45, 7) is 0. The molecule has 0 bridgehead atoms. The highest BCUT2D eigenvalue weighted by atomic mass is 35.5. The van der Waals surface area contributed by atoms with Gasteiger partial charge in [0.25, 0.3) is 0 Å². The van der Waals surface area contributed by atoms with Crippen molar-refractivity contribution in [1.29, 1.82) is 0 Å². The second-order valence-electron chi connectivity index (χ2n) is 4.27. The van der Waals surface area contributed by atoms with Crippen LogP contribution in [0, 0.1) is 5.82 Å². The topological polar surface area (TPSA) is 38.0 Å². The first kappa shape index (κ1) is 15.5. The van der Waals surface area contributed by atoms with E-state index in [0.717, 1.165) is 0 Å². The quantitative estimate of drug-likeness (QED) is 0.637. The zero-order valence-corrected chi connectivity index (χ0v) is 12.6. The Morgan fingerprint density at radius 2 is 1.55 bits per heavy atom. The molecule has 2 aromatic carbocycles. The van der Waals surface area contributed by atoms with Crippen molar-refractivity contribution in [2.75, 3.05) is 0 Å². The second-order valence-corrected chi connectivity index (χ2v) is 5.49. The molecule has 2 nitrogen and oxygen atoms in total. The van der Waals surface area contributed by atoms with Gasteiger partial charge in [0.2, 0.25) is 0 Å². The first-order valence-corrected chi connectivity index (χ1v) is 7.01. The van der Waals surface area contributed by atoms with E-state index in [1.807, 2.05) is 0 Å². The van der Waals surface area contributed by atoms with Crippen LogP contribution in [0.15, 0.2) is 36.4 Å². The highest BCUT2D eigenvalue weighted by Crippen LogP contribution is 2.32. The minimum atomic E-state index is -0.461. The molecule has 0 heterocycles. The summed E-state index contributed by atoms with van der Waals surface area (Å²) in [5, 5.41) is 1.02. The summed E-state index contributed by atoms with van der Waals surface area (Å²) in [5.74, 6) is 5.10. The number of rotatable bonds is 4. The van der Waals surface area contributed by atoms with Crippen LogP contribution in [0.1, 0.15) is 17.2 Å². The van der Waals surface area contributed by atoms with Crippen molar-refractivity contribution >= 4 is 34.8 Å². The molecular weight excluding hydrogens is 322 g/mol. The van der Waals surface area contributed by atoms with Crippen molar-refractivity contribution in [2.45, 2.75) is 12.5 Å². The Labute approximate surface area is 131 Å². The number of hydrogen-bond donors (Lipinski definition) is 2. The molecule has 1 atom stereocenters. The van der Waals surface area contributed by atoms with Crippen molar-refractivity contribution in [3.8, 4) is 0 Å². The molecule has 0 saturated heterocycles. The van der Waals surface area contributed by atoms with Crippen LogP contribution in [-0.2, 0) is 6.42 Å². The van der Waals surface area contributed by atoms with Gasteiger partial charge in [-0.3, -0.25) is 11.3 Å². The predicted molar refractivity (Wildman–Crippen MR) is 81.6 cm³/mol. The number of benzene rings is 2.